The van der Waals surface area contributed by atoms with Crippen LogP contribution in [0.4, 0.5) is 13.2 Å². The summed E-state index contributed by atoms with van der Waals surface area (Å²) in [6.07, 6.45) is -3.09. The van der Waals surface area contributed by atoms with Gasteiger partial charge in [-0.25, -0.2) is 4.98 Å². The van der Waals surface area contributed by atoms with Gasteiger partial charge in [-0.1, -0.05) is 0 Å². The molecule has 0 N–H and O–H groups in total. The summed E-state index contributed by atoms with van der Waals surface area (Å²) in [4.78, 5) is 3.71. The normalized spacial score (nSPS) is 12.0. The zero-order valence-corrected chi connectivity index (χ0v) is 8.03. The maximum absolute atomic E-state index is 11.9. The van der Waals surface area contributed by atoms with Crippen LogP contribution in [0.3, 0.4) is 0 Å². The smallest absolute Gasteiger partial charge is 0.396 e. The van der Waals surface area contributed by atoms with Gasteiger partial charge >= 0.3 is 6.18 Å². The molecule has 0 saturated carbocycles. The Hall–Kier alpha value is -0.710. The van der Waals surface area contributed by atoms with Crippen LogP contribution in [0.15, 0.2) is 10.6 Å². The van der Waals surface area contributed by atoms with Crippen molar-refractivity contribution in [2.45, 2.75) is 25.4 Å². The van der Waals surface area contributed by atoms with Gasteiger partial charge in [0.25, 0.3) is 0 Å². The number of nitrogens with zero attached hydrogens (tertiary/aromatic N) is 1. The third-order valence-corrected chi connectivity index (χ3v) is 1.77. The van der Waals surface area contributed by atoms with Crippen molar-refractivity contribution in [2.24, 2.45) is 0 Å². The molecule has 0 unspecified atom stereocenters. The third kappa shape index (κ3) is 4.00. The summed E-state index contributed by atoms with van der Waals surface area (Å²) in [7, 11) is 0. The van der Waals surface area contributed by atoms with Crippen LogP contribution in [-0.2, 0) is 12.8 Å². The van der Waals surface area contributed by atoms with Crippen molar-refractivity contribution in [3.63, 3.8) is 0 Å². The van der Waals surface area contributed by atoms with Gasteiger partial charge in [0.1, 0.15) is 12.2 Å². The number of hydrogen-bond acceptors (Lipinski definition) is 2. The Morgan fingerprint density at radius 1 is 1.43 bits per heavy atom. The highest BCUT2D eigenvalue weighted by molar-refractivity contribution is 6.17. The van der Waals surface area contributed by atoms with Gasteiger partial charge in [-0.3, -0.25) is 0 Å². The van der Waals surface area contributed by atoms with Crippen LogP contribution in [0.2, 0.25) is 0 Å². The standard InChI is InChI=1S/C8H9ClF3NO/c9-3-1-2-7-13-5-6(14-7)4-8(10,11)12/h5H,1-4H2. The molecular weight excluding hydrogens is 219 g/mol. The van der Waals surface area contributed by atoms with Gasteiger partial charge in [-0.15, -0.1) is 11.6 Å². The number of hydrogen-bond donors (Lipinski definition) is 0. The van der Waals surface area contributed by atoms with Crippen molar-refractivity contribution in [1.82, 2.24) is 4.98 Å². The van der Waals surface area contributed by atoms with E-state index < -0.39 is 12.6 Å². The third-order valence-electron chi connectivity index (χ3n) is 1.50. The lowest BCUT2D eigenvalue weighted by Gasteiger charge is -2.01. The lowest BCUT2D eigenvalue weighted by Crippen LogP contribution is -2.10. The first kappa shape index (κ1) is 11.4. The van der Waals surface area contributed by atoms with Crippen molar-refractivity contribution in [3.8, 4) is 0 Å². The largest absolute Gasteiger partial charge is 0.445 e. The summed E-state index contributed by atoms with van der Waals surface area (Å²) in [5, 5.41) is 0. The molecule has 1 aromatic rings. The van der Waals surface area contributed by atoms with E-state index in [0.29, 0.717) is 24.6 Å². The van der Waals surface area contributed by atoms with Crippen LogP contribution in [0.1, 0.15) is 18.1 Å². The first-order chi connectivity index (χ1) is 6.51. The molecule has 0 amide bonds. The zero-order valence-electron chi connectivity index (χ0n) is 7.27. The van der Waals surface area contributed by atoms with Crippen molar-refractivity contribution in [1.29, 1.82) is 0 Å². The predicted molar refractivity (Wildman–Crippen MR) is 45.3 cm³/mol. The highest BCUT2D eigenvalue weighted by Gasteiger charge is 2.29. The summed E-state index contributed by atoms with van der Waals surface area (Å²) >= 11 is 5.42. The van der Waals surface area contributed by atoms with E-state index in [4.69, 9.17) is 16.0 Å². The Kier molecular flexibility index (Phi) is 3.80. The van der Waals surface area contributed by atoms with Gasteiger partial charge in [0, 0.05) is 12.3 Å². The highest BCUT2D eigenvalue weighted by Crippen LogP contribution is 2.21. The molecule has 0 fully saturated rings. The monoisotopic (exact) mass is 227 g/mol. The molecule has 14 heavy (non-hydrogen) atoms. The fraction of sp³-hybridized carbons (Fsp3) is 0.625. The average Bonchev–Trinajstić information content (AvgIpc) is 2.46. The number of rotatable bonds is 4. The van der Waals surface area contributed by atoms with Crippen molar-refractivity contribution >= 4 is 11.6 Å². The molecule has 0 aliphatic carbocycles. The van der Waals surface area contributed by atoms with Gasteiger partial charge < -0.3 is 4.42 Å². The lowest BCUT2D eigenvalue weighted by atomic mass is 10.3. The fourth-order valence-corrected chi connectivity index (χ4v) is 1.09. The molecule has 0 aromatic carbocycles. The highest BCUT2D eigenvalue weighted by atomic mass is 35.5. The van der Waals surface area contributed by atoms with E-state index in [1.807, 2.05) is 0 Å². The van der Waals surface area contributed by atoms with Gasteiger partial charge in [-0.2, -0.15) is 13.2 Å². The van der Waals surface area contributed by atoms with Gasteiger partial charge in [0.05, 0.1) is 6.20 Å². The summed E-state index contributed by atoms with van der Waals surface area (Å²) in [5.74, 6) is 0.601. The first-order valence-electron chi connectivity index (χ1n) is 4.07. The molecule has 0 spiro atoms. The van der Waals surface area contributed by atoms with Crippen molar-refractivity contribution in [2.75, 3.05) is 5.88 Å². The van der Waals surface area contributed by atoms with Crippen LogP contribution in [-0.4, -0.2) is 17.0 Å². The van der Waals surface area contributed by atoms with Crippen LogP contribution >= 0.6 is 11.6 Å². The van der Waals surface area contributed by atoms with E-state index in [2.05, 4.69) is 4.98 Å². The van der Waals surface area contributed by atoms with Crippen molar-refractivity contribution < 1.29 is 17.6 Å². The Bertz CT molecular complexity index is 284. The molecular formula is C8H9ClF3NO. The average molecular weight is 228 g/mol. The topological polar surface area (TPSA) is 26.0 Å². The van der Waals surface area contributed by atoms with Gasteiger partial charge in [0.15, 0.2) is 5.89 Å². The summed E-state index contributed by atoms with van der Waals surface area (Å²) in [6.45, 7) is 0. The van der Waals surface area contributed by atoms with Gasteiger partial charge in [0.2, 0.25) is 0 Å². The van der Waals surface area contributed by atoms with Gasteiger partial charge in [-0.05, 0) is 6.42 Å². The second-order valence-corrected chi connectivity index (χ2v) is 3.18. The zero-order chi connectivity index (χ0) is 10.6. The predicted octanol–water partition coefficient (Wildman–Crippen LogP) is 2.95. The Morgan fingerprint density at radius 3 is 2.71 bits per heavy atom. The summed E-state index contributed by atoms with van der Waals surface area (Å²) < 4.78 is 40.6. The maximum atomic E-state index is 11.9. The minimum absolute atomic E-state index is 0.151. The number of aromatic nitrogens is 1. The molecule has 0 radical (unpaired) electrons. The molecule has 1 aromatic heterocycles. The molecule has 1 rings (SSSR count). The molecule has 0 aliphatic heterocycles. The molecule has 6 heteroatoms. The SMILES string of the molecule is FC(F)(F)Cc1cnc(CCCCl)o1. The minimum Gasteiger partial charge on any atom is -0.445 e. The second kappa shape index (κ2) is 4.68. The van der Waals surface area contributed by atoms with E-state index >= 15 is 0 Å². The van der Waals surface area contributed by atoms with E-state index in [-0.39, 0.29) is 5.76 Å². The number of halogens is 4. The van der Waals surface area contributed by atoms with E-state index in [9.17, 15) is 13.2 Å². The maximum Gasteiger partial charge on any atom is 0.396 e. The van der Waals surface area contributed by atoms with E-state index in [0.717, 1.165) is 6.20 Å². The summed E-state index contributed by atoms with van der Waals surface area (Å²) in [6, 6.07) is 0. The lowest BCUT2D eigenvalue weighted by molar-refractivity contribution is -0.130. The van der Waals surface area contributed by atoms with E-state index in [1.54, 1.807) is 0 Å². The number of alkyl halides is 4. The van der Waals surface area contributed by atoms with Crippen LogP contribution in [0, 0.1) is 0 Å². The molecule has 0 aliphatic rings. The first-order valence-corrected chi connectivity index (χ1v) is 4.61. The molecule has 1 heterocycles. The van der Waals surface area contributed by atoms with Crippen molar-refractivity contribution in [3.05, 3.63) is 17.8 Å². The fourth-order valence-electron chi connectivity index (χ4n) is 0.961. The van der Waals surface area contributed by atoms with E-state index in [1.165, 1.54) is 0 Å². The number of aryl methyl sites for hydroxylation is 1. The van der Waals surface area contributed by atoms with Crippen LogP contribution < -0.4 is 0 Å². The quantitative estimate of drug-likeness (QED) is 0.739. The second-order valence-electron chi connectivity index (χ2n) is 2.80. The number of oxazole rings is 1. The minimum atomic E-state index is -4.25. The Balaban J connectivity index is 2.51. The molecule has 80 valence electrons. The molecule has 0 saturated heterocycles. The molecule has 0 bridgehead atoms. The molecule has 2 nitrogen and oxygen atoms in total. The van der Waals surface area contributed by atoms with Crippen LogP contribution in [0.5, 0.6) is 0 Å². The summed E-state index contributed by atoms with van der Waals surface area (Å²) in [5.41, 5.74) is 0. The molecule has 0 atom stereocenters. The Labute approximate surface area is 84.1 Å². The van der Waals surface area contributed by atoms with Crippen LogP contribution in [0.25, 0.3) is 0 Å². The Morgan fingerprint density at radius 2 is 2.14 bits per heavy atom.